The molecule has 1 heterocycles. The van der Waals surface area contributed by atoms with Gasteiger partial charge in [-0.2, -0.15) is 5.10 Å². The standard InChI is InChI=1S/C15H17FN4O2S/c1-10-7-11(2)20(19-10)8-14(21)17-18-15(22)9-23-13-5-3-12(16)4-6-13/h3-7H,8-9H2,1-2H3,(H,17,21)(H,18,22). The maximum absolute atomic E-state index is 12.8. The van der Waals surface area contributed by atoms with Gasteiger partial charge in [-0.3, -0.25) is 25.1 Å². The first-order valence-electron chi connectivity index (χ1n) is 6.91. The number of nitrogens with one attached hydrogen (secondary N) is 2. The van der Waals surface area contributed by atoms with Gasteiger partial charge < -0.3 is 0 Å². The van der Waals surface area contributed by atoms with E-state index in [0.717, 1.165) is 16.3 Å². The second-order valence-corrected chi connectivity index (χ2v) is 5.97. The van der Waals surface area contributed by atoms with E-state index in [-0.39, 0.29) is 29.9 Å². The summed E-state index contributed by atoms with van der Waals surface area (Å²) in [7, 11) is 0. The summed E-state index contributed by atoms with van der Waals surface area (Å²) >= 11 is 1.25. The Balaban J connectivity index is 1.72. The smallest absolute Gasteiger partial charge is 0.260 e. The quantitative estimate of drug-likeness (QED) is 0.642. The zero-order valence-electron chi connectivity index (χ0n) is 12.8. The van der Waals surface area contributed by atoms with Gasteiger partial charge in [0.1, 0.15) is 12.4 Å². The van der Waals surface area contributed by atoms with Crippen molar-refractivity contribution < 1.29 is 14.0 Å². The molecule has 0 fully saturated rings. The Hall–Kier alpha value is -2.35. The number of carbonyl (C=O) groups is 2. The molecule has 0 saturated heterocycles. The van der Waals surface area contributed by atoms with Gasteiger partial charge in [-0.1, -0.05) is 0 Å². The molecule has 0 bridgehead atoms. The Bertz CT molecular complexity index is 700. The Morgan fingerprint density at radius 3 is 2.43 bits per heavy atom. The Labute approximate surface area is 137 Å². The van der Waals surface area contributed by atoms with Crippen molar-refractivity contribution in [3.8, 4) is 0 Å². The largest absolute Gasteiger partial charge is 0.272 e. The minimum Gasteiger partial charge on any atom is -0.272 e. The lowest BCUT2D eigenvalue weighted by Gasteiger charge is -2.08. The number of thioether (sulfide) groups is 1. The fourth-order valence-corrected chi connectivity index (χ4v) is 2.56. The van der Waals surface area contributed by atoms with E-state index in [4.69, 9.17) is 0 Å². The second-order valence-electron chi connectivity index (χ2n) is 4.92. The molecular formula is C15H17FN4O2S. The highest BCUT2D eigenvalue weighted by atomic mass is 32.2. The van der Waals surface area contributed by atoms with Crippen LogP contribution >= 0.6 is 11.8 Å². The van der Waals surface area contributed by atoms with E-state index >= 15 is 0 Å². The summed E-state index contributed by atoms with van der Waals surface area (Å²) in [6.07, 6.45) is 0. The van der Waals surface area contributed by atoms with Crippen molar-refractivity contribution in [2.45, 2.75) is 25.3 Å². The Kier molecular flexibility index (Phi) is 5.75. The number of hydrogen-bond acceptors (Lipinski definition) is 4. The third kappa shape index (κ3) is 5.41. The number of hydrogen-bond donors (Lipinski definition) is 2. The molecule has 2 amide bonds. The van der Waals surface area contributed by atoms with E-state index < -0.39 is 0 Å². The van der Waals surface area contributed by atoms with Crippen LogP contribution in [0.2, 0.25) is 0 Å². The highest BCUT2D eigenvalue weighted by molar-refractivity contribution is 8.00. The predicted octanol–water partition coefficient (Wildman–Crippen LogP) is 1.58. The highest BCUT2D eigenvalue weighted by Gasteiger charge is 2.09. The first kappa shape index (κ1) is 17.0. The van der Waals surface area contributed by atoms with E-state index in [1.54, 1.807) is 16.8 Å². The van der Waals surface area contributed by atoms with Crippen molar-refractivity contribution in [1.29, 1.82) is 0 Å². The molecule has 1 aromatic heterocycles. The number of amides is 2. The molecule has 2 aromatic rings. The van der Waals surface area contributed by atoms with Gasteiger partial charge in [-0.25, -0.2) is 4.39 Å². The van der Waals surface area contributed by atoms with Crippen molar-refractivity contribution >= 4 is 23.6 Å². The number of aromatic nitrogens is 2. The molecule has 0 aliphatic heterocycles. The summed E-state index contributed by atoms with van der Waals surface area (Å²) in [5.41, 5.74) is 6.38. The fraction of sp³-hybridized carbons (Fsp3) is 0.267. The molecule has 2 N–H and O–H groups in total. The van der Waals surface area contributed by atoms with Gasteiger partial charge in [0, 0.05) is 10.6 Å². The van der Waals surface area contributed by atoms with Crippen LogP contribution in [0.5, 0.6) is 0 Å². The monoisotopic (exact) mass is 336 g/mol. The van der Waals surface area contributed by atoms with E-state index in [9.17, 15) is 14.0 Å². The van der Waals surface area contributed by atoms with E-state index in [2.05, 4.69) is 16.0 Å². The van der Waals surface area contributed by atoms with Gasteiger partial charge >= 0.3 is 0 Å². The lowest BCUT2D eigenvalue weighted by molar-refractivity contribution is -0.128. The number of hydrazine groups is 1. The number of aryl methyl sites for hydroxylation is 2. The number of carbonyl (C=O) groups excluding carboxylic acids is 2. The average molecular weight is 336 g/mol. The van der Waals surface area contributed by atoms with Crippen molar-refractivity contribution in [3.63, 3.8) is 0 Å². The fourth-order valence-electron chi connectivity index (χ4n) is 1.87. The summed E-state index contributed by atoms with van der Waals surface area (Å²) in [5, 5.41) is 4.17. The molecule has 8 heteroatoms. The normalized spacial score (nSPS) is 10.4. The molecule has 1 aromatic carbocycles. The molecule has 122 valence electrons. The zero-order valence-corrected chi connectivity index (χ0v) is 13.6. The summed E-state index contributed by atoms with van der Waals surface area (Å²) in [5.74, 6) is -0.918. The molecule has 0 aliphatic rings. The topological polar surface area (TPSA) is 76.0 Å². The van der Waals surface area contributed by atoms with Crippen LogP contribution in [0.25, 0.3) is 0 Å². The van der Waals surface area contributed by atoms with Gasteiger partial charge in [0.15, 0.2) is 0 Å². The van der Waals surface area contributed by atoms with Crippen LogP contribution in [0.1, 0.15) is 11.4 Å². The maximum Gasteiger partial charge on any atom is 0.260 e. The zero-order chi connectivity index (χ0) is 16.8. The van der Waals surface area contributed by atoms with E-state index in [1.807, 2.05) is 19.9 Å². The highest BCUT2D eigenvalue weighted by Crippen LogP contribution is 2.17. The second kappa shape index (κ2) is 7.77. The van der Waals surface area contributed by atoms with Crippen LogP contribution in [0, 0.1) is 19.7 Å². The number of rotatable bonds is 5. The molecule has 23 heavy (non-hydrogen) atoms. The van der Waals surface area contributed by atoms with Crippen molar-refractivity contribution in [2.75, 3.05) is 5.75 Å². The molecule has 0 unspecified atom stereocenters. The minimum atomic E-state index is -0.365. The number of halogens is 1. The lowest BCUT2D eigenvalue weighted by Crippen LogP contribution is -2.44. The van der Waals surface area contributed by atoms with Gasteiger partial charge in [-0.15, -0.1) is 11.8 Å². The van der Waals surface area contributed by atoms with Crippen LogP contribution in [-0.4, -0.2) is 27.3 Å². The maximum atomic E-state index is 12.8. The summed E-state index contributed by atoms with van der Waals surface area (Å²) < 4.78 is 14.3. The summed E-state index contributed by atoms with van der Waals surface area (Å²) in [6.45, 7) is 3.73. The van der Waals surface area contributed by atoms with Crippen LogP contribution in [0.4, 0.5) is 4.39 Å². The van der Waals surface area contributed by atoms with Crippen LogP contribution in [0.15, 0.2) is 35.2 Å². The minimum absolute atomic E-state index is 0.0328. The van der Waals surface area contributed by atoms with Gasteiger partial charge in [0.2, 0.25) is 5.91 Å². The molecule has 0 aliphatic carbocycles. The summed E-state index contributed by atoms with van der Waals surface area (Å²) in [6, 6.07) is 7.71. The van der Waals surface area contributed by atoms with Crippen molar-refractivity contribution in [2.24, 2.45) is 0 Å². The summed E-state index contributed by atoms with van der Waals surface area (Å²) in [4.78, 5) is 24.2. The van der Waals surface area contributed by atoms with Gasteiger partial charge in [0.25, 0.3) is 5.91 Å². The first-order valence-corrected chi connectivity index (χ1v) is 7.89. The van der Waals surface area contributed by atoms with Crippen LogP contribution < -0.4 is 10.9 Å². The van der Waals surface area contributed by atoms with Crippen molar-refractivity contribution in [1.82, 2.24) is 20.6 Å². The molecule has 0 saturated carbocycles. The van der Waals surface area contributed by atoms with Crippen LogP contribution in [0.3, 0.4) is 0 Å². The number of benzene rings is 1. The molecular weight excluding hydrogens is 319 g/mol. The van der Waals surface area contributed by atoms with E-state index in [1.165, 1.54) is 23.9 Å². The van der Waals surface area contributed by atoms with Crippen LogP contribution in [-0.2, 0) is 16.1 Å². The SMILES string of the molecule is Cc1cc(C)n(CC(=O)NNC(=O)CSc2ccc(F)cc2)n1. The van der Waals surface area contributed by atoms with Crippen molar-refractivity contribution in [3.05, 3.63) is 47.5 Å². The molecule has 2 rings (SSSR count). The molecule has 0 radical (unpaired) electrons. The molecule has 0 spiro atoms. The molecule has 0 atom stereocenters. The Morgan fingerprint density at radius 2 is 1.83 bits per heavy atom. The lowest BCUT2D eigenvalue weighted by atomic mass is 10.4. The third-order valence-corrected chi connectivity index (χ3v) is 3.93. The van der Waals surface area contributed by atoms with E-state index in [0.29, 0.717) is 0 Å². The third-order valence-electron chi connectivity index (χ3n) is 2.92. The van der Waals surface area contributed by atoms with Gasteiger partial charge in [0.05, 0.1) is 11.4 Å². The number of nitrogens with zero attached hydrogens (tertiary/aromatic N) is 2. The van der Waals surface area contributed by atoms with Gasteiger partial charge in [-0.05, 0) is 44.2 Å². The molecule has 6 nitrogen and oxygen atoms in total. The predicted molar refractivity (Wildman–Crippen MR) is 85.1 cm³/mol. The average Bonchev–Trinajstić information content (AvgIpc) is 2.82. The Morgan fingerprint density at radius 1 is 1.17 bits per heavy atom. The first-order chi connectivity index (χ1) is 10.9.